The van der Waals surface area contributed by atoms with Crippen molar-refractivity contribution < 1.29 is 14.3 Å². The van der Waals surface area contributed by atoms with Gasteiger partial charge in [-0.05, 0) is 6.42 Å². The van der Waals surface area contributed by atoms with E-state index >= 15 is 0 Å². The quantitative estimate of drug-likeness (QED) is 0.140. The van der Waals surface area contributed by atoms with Crippen LogP contribution in [0.15, 0.2) is 0 Å². The molecule has 0 aromatic carbocycles. The topological polar surface area (TPSA) is 35.5 Å². The third kappa shape index (κ3) is 27.3. The first kappa shape index (κ1) is 29.3. The van der Waals surface area contributed by atoms with E-state index < -0.39 is 0 Å². The van der Waals surface area contributed by atoms with E-state index in [1.165, 1.54) is 103 Å². The molecule has 0 spiro atoms. The van der Waals surface area contributed by atoms with E-state index in [0.717, 1.165) is 13.0 Å². The van der Waals surface area contributed by atoms with E-state index in [9.17, 15) is 4.79 Å². The van der Waals surface area contributed by atoms with Gasteiger partial charge in [0.05, 0.1) is 6.61 Å². The van der Waals surface area contributed by atoms with Crippen molar-refractivity contribution in [2.45, 2.75) is 117 Å². The van der Waals surface area contributed by atoms with Gasteiger partial charge in [-0.25, -0.2) is 0 Å². The fourth-order valence-electron chi connectivity index (χ4n) is 3.10. The molecule has 152 valence electrons. The predicted molar refractivity (Wildman–Crippen MR) is 114 cm³/mol. The molecule has 0 fully saturated rings. The molecule has 0 amide bonds. The number of ether oxygens (including phenoxy) is 2. The maximum absolute atomic E-state index is 10.6. The van der Waals surface area contributed by atoms with Gasteiger partial charge >= 0.3 is 57.4 Å². The normalized spacial score (nSPS) is 10.5. The van der Waals surface area contributed by atoms with Crippen molar-refractivity contribution in [1.82, 2.24) is 0 Å². The van der Waals surface area contributed by atoms with Gasteiger partial charge in [0.1, 0.15) is 6.61 Å². The molecule has 0 rings (SSSR count). The predicted octanol–water partition coefficient (Wildman–Crippen LogP) is 6.18. The zero-order chi connectivity index (χ0) is 18.4. The summed E-state index contributed by atoms with van der Waals surface area (Å²) in [6.07, 6.45) is 22.2. The van der Waals surface area contributed by atoms with Crippen LogP contribution in [0.2, 0.25) is 0 Å². The zero-order valence-electron chi connectivity index (χ0n) is 17.2. The second kappa shape index (κ2) is 26.1. The monoisotopic (exact) mass is 396 g/mol. The SMILES string of the molecule is CCCCCCCCCCCCCCCCCCOCCOC(C)=O.[KH]. The molecule has 0 N–H and O–H groups in total. The van der Waals surface area contributed by atoms with Crippen LogP contribution in [-0.2, 0) is 14.3 Å². The van der Waals surface area contributed by atoms with Crippen molar-refractivity contribution >= 4 is 57.4 Å². The van der Waals surface area contributed by atoms with E-state index in [1.807, 2.05) is 0 Å². The standard InChI is InChI=1S/C22H44O3.K.H/c1-3-4-5-6-7-8-9-10-11-12-13-14-15-16-17-18-19-24-20-21-25-22(2)23;;/h3-21H2,1-2H3;;. The minimum absolute atomic E-state index is 0. The van der Waals surface area contributed by atoms with Crippen molar-refractivity contribution in [2.75, 3.05) is 19.8 Å². The van der Waals surface area contributed by atoms with Gasteiger partial charge in [0.15, 0.2) is 0 Å². The number of unbranched alkanes of at least 4 members (excludes halogenated alkanes) is 15. The molecule has 0 radical (unpaired) electrons. The number of carbonyl (C=O) groups excluding carboxylic acids is 1. The van der Waals surface area contributed by atoms with Crippen molar-refractivity contribution in [2.24, 2.45) is 0 Å². The number of rotatable bonds is 20. The van der Waals surface area contributed by atoms with Crippen molar-refractivity contribution in [3.63, 3.8) is 0 Å². The molecular formula is C22H45KO3. The maximum atomic E-state index is 10.6. The molecule has 3 nitrogen and oxygen atoms in total. The Morgan fingerprint density at radius 1 is 0.577 bits per heavy atom. The van der Waals surface area contributed by atoms with E-state index in [-0.39, 0.29) is 57.4 Å². The summed E-state index contributed by atoms with van der Waals surface area (Å²) in [5, 5.41) is 0. The van der Waals surface area contributed by atoms with Crippen LogP contribution in [0.3, 0.4) is 0 Å². The second-order valence-corrected chi connectivity index (χ2v) is 7.26. The van der Waals surface area contributed by atoms with Gasteiger partial charge in [-0.15, -0.1) is 0 Å². The Hall–Kier alpha value is 1.07. The van der Waals surface area contributed by atoms with E-state index in [1.54, 1.807) is 0 Å². The van der Waals surface area contributed by atoms with Gasteiger partial charge in [-0.2, -0.15) is 0 Å². The summed E-state index contributed by atoms with van der Waals surface area (Å²) >= 11 is 0. The van der Waals surface area contributed by atoms with Crippen molar-refractivity contribution in [3.05, 3.63) is 0 Å². The Kier molecular flexibility index (Phi) is 29.3. The summed E-state index contributed by atoms with van der Waals surface area (Å²) in [7, 11) is 0. The van der Waals surface area contributed by atoms with Gasteiger partial charge in [0.25, 0.3) is 0 Å². The van der Waals surface area contributed by atoms with Crippen LogP contribution in [0, 0.1) is 0 Å². The molecule has 0 aliphatic carbocycles. The number of hydrogen-bond donors (Lipinski definition) is 0. The second-order valence-electron chi connectivity index (χ2n) is 7.26. The van der Waals surface area contributed by atoms with Crippen LogP contribution in [0.25, 0.3) is 0 Å². The summed E-state index contributed by atoms with van der Waals surface area (Å²) in [5.41, 5.74) is 0. The first-order chi connectivity index (χ1) is 12.3. The third-order valence-electron chi connectivity index (χ3n) is 4.68. The summed E-state index contributed by atoms with van der Waals surface area (Å²) in [6.45, 7) is 5.41. The number of hydrogen-bond acceptors (Lipinski definition) is 3. The molecule has 0 bridgehead atoms. The fraction of sp³-hybridized carbons (Fsp3) is 0.955. The minimum atomic E-state index is -0.231. The van der Waals surface area contributed by atoms with Crippen molar-refractivity contribution in [3.8, 4) is 0 Å². The van der Waals surface area contributed by atoms with Crippen LogP contribution in [0.1, 0.15) is 117 Å². The first-order valence-electron chi connectivity index (χ1n) is 11.0. The summed E-state index contributed by atoms with van der Waals surface area (Å²) in [5.74, 6) is -0.231. The van der Waals surface area contributed by atoms with Gasteiger partial charge in [-0.3, -0.25) is 4.79 Å². The number of carbonyl (C=O) groups is 1. The molecule has 0 saturated carbocycles. The molecule has 0 aromatic rings. The summed E-state index contributed by atoms with van der Waals surface area (Å²) < 4.78 is 10.2. The molecular weight excluding hydrogens is 351 g/mol. The van der Waals surface area contributed by atoms with Gasteiger partial charge in [0, 0.05) is 13.5 Å². The molecule has 4 heteroatoms. The Morgan fingerprint density at radius 3 is 1.35 bits per heavy atom. The number of esters is 1. The Morgan fingerprint density at radius 2 is 0.962 bits per heavy atom. The first-order valence-corrected chi connectivity index (χ1v) is 11.0. The summed E-state index contributed by atoms with van der Waals surface area (Å²) in [6, 6.07) is 0. The zero-order valence-corrected chi connectivity index (χ0v) is 17.2. The van der Waals surface area contributed by atoms with Crippen LogP contribution in [0.5, 0.6) is 0 Å². The molecule has 26 heavy (non-hydrogen) atoms. The molecule has 0 heterocycles. The van der Waals surface area contributed by atoms with Crippen LogP contribution in [-0.4, -0.2) is 77.2 Å². The third-order valence-corrected chi connectivity index (χ3v) is 4.68. The van der Waals surface area contributed by atoms with Crippen molar-refractivity contribution in [1.29, 1.82) is 0 Å². The fourth-order valence-corrected chi connectivity index (χ4v) is 3.10. The summed E-state index contributed by atoms with van der Waals surface area (Å²) in [4.78, 5) is 10.6. The van der Waals surface area contributed by atoms with E-state index in [0.29, 0.717) is 13.2 Å². The molecule has 0 aromatic heterocycles. The average Bonchev–Trinajstić information content (AvgIpc) is 2.60. The average molecular weight is 397 g/mol. The molecule has 0 saturated heterocycles. The molecule has 0 aliphatic heterocycles. The van der Waals surface area contributed by atoms with Gasteiger partial charge in [-0.1, -0.05) is 103 Å². The van der Waals surface area contributed by atoms with Gasteiger partial charge < -0.3 is 9.47 Å². The Bertz CT molecular complexity index is 272. The molecule has 0 aliphatic rings. The van der Waals surface area contributed by atoms with Crippen LogP contribution in [0.4, 0.5) is 0 Å². The Labute approximate surface area is 206 Å². The Balaban J connectivity index is 0. The van der Waals surface area contributed by atoms with Crippen LogP contribution >= 0.6 is 0 Å². The van der Waals surface area contributed by atoms with Gasteiger partial charge in [0.2, 0.25) is 0 Å². The molecule has 0 atom stereocenters. The molecule has 0 unspecified atom stereocenters. The van der Waals surface area contributed by atoms with E-state index in [2.05, 4.69) is 6.92 Å². The van der Waals surface area contributed by atoms with Crippen LogP contribution < -0.4 is 0 Å². The van der Waals surface area contributed by atoms with E-state index in [4.69, 9.17) is 9.47 Å².